The van der Waals surface area contributed by atoms with Crippen molar-refractivity contribution in [2.75, 3.05) is 16.0 Å². The summed E-state index contributed by atoms with van der Waals surface area (Å²) in [4.78, 5) is 55.0. The van der Waals surface area contributed by atoms with Crippen molar-refractivity contribution < 1.29 is 9.59 Å². The average Bonchev–Trinajstić information content (AvgIpc) is 3.57. The number of hydrogen-bond donors (Lipinski definition) is 3. The fraction of sp³-hybridized carbons (Fsp3) is 0.333. The zero-order valence-electron chi connectivity index (χ0n) is 18.9. The quantitative estimate of drug-likeness (QED) is 0.432. The summed E-state index contributed by atoms with van der Waals surface area (Å²) in [5.41, 5.74) is 5.70. The van der Waals surface area contributed by atoms with E-state index in [1.54, 1.807) is 12.1 Å². The summed E-state index contributed by atoms with van der Waals surface area (Å²) in [6.45, 7) is 2.39. The van der Waals surface area contributed by atoms with Gasteiger partial charge in [-0.25, -0.2) is 4.79 Å². The zero-order valence-corrected chi connectivity index (χ0v) is 19.7. The Hall–Kier alpha value is -3.66. The number of rotatable bonds is 9. The Bertz CT molecular complexity index is 1310. The van der Waals surface area contributed by atoms with Gasteiger partial charge in [0.2, 0.25) is 5.91 Å². The molecule has 0 radical (unpaired) electrons. The summed E-state index contributed by atoms with van der Waals surface area (Å²) >= 11 is 1.14. The third-order valence-corrected chi connectivity index (χ3v) is 6.65. The molecule has 0 aliphatic heterocycles. The summed E-state index contributed by atoms with van der Waals surface area (Å²) < 4.78 is 1.29. The molecular formula is C24H27N5O4S. The number of hydrogen-bond acceptors (Lipinski definition) is 6. The molecule has 4 N–H and O–H groups in total. The molecule has 2 amide bonds. The highest BCUT2D eigenvalue weighted by molar-refractivity contribution is 7.18. The number of nitrogens with two attached hydrogens (primary N) is 1. The van der Waals surface area contributed by atoms with Crippen LogP contribution < -0.4 is 27.2 Å². The molecule has 1 saturated carbocycles. The van der Waals surface area contributed by atoms with Crippen molar-refractivity contribution in [2.45, 2.75) is 45.7 Å². The number of aromatic nitrogens is 2. The van der Waals surface area contributed by atoms with Gasteiger partial charge in [-0.2, -0.15) is 0 Å². The highest BCUT2D eigenvalue weighted by Crippen LogP contribution is 2.32. The molecule has 1 aromatic carbocycles. The summed E-state index contributed by atoms with van der Waals surface area (Å²) in [5.74, 6) is -0.506. The van der Waals surface area contributed by atoms with Gasteiger partial charge in [-0.15, -0.1) is 11.3 Å². The Labute approximate surface area is 200 Å². The molecule has 1 aliphatic rings. The van der Waals surface area contributed by atoms with Gasteiger partial charge in [0.25, 0.3) is 11.5 Å². The summed E-state index contributed by atoms with van der Waals surface area (Å²) in [7, 11) is 0. The number of anilines is 3. The number of aromatic amines is 1. The number of nitrogens with one attached hydrogen (secondary N) is 2. The van der Waals surface area contributed by atoms with Crippen LogP contribution in [0, 0.1) is 5.92 Å². The first-order chi connectivity index (χ1) is 16.4. The van der Waals surface area contributed by atoms with Crippen LogP contribution in [0.4, 0.5) is 16.5 Å². The molecule has 3 aromatic rings. The van der Waals surface area contributed by atoms with Gasteiger partial charge in [-0.05, 0) is 37.0 Å². The standard InChI is InChI=1S/C24H27N5O4S/c1-2-3-13-28-20(25)19(22(31)27-24(28)33)29(14-15-7-5-4-6-8-15)23(32)17-11-12-18(34-17)26-21(30)16-9-10-16/h4-8,11-12,16H,2-3,9-10,13-14,25H2,1H3,(H,26,30)(H,27,31,33). The number of nitrogens with zero attached hydrogens (tertiary/aromatic N) is 2. The number of carbonyl (C=O) groups excluding carboxylic acids is 2. The van der Waals surface area contributed by atoms with Crippen molar-refractivity contribution in [1.29, 1.82) is 0 Å². The molecule has 2 heterocycles. The van der Waals surface area contributed by atoms with Crippen LogP contribution in [0.15, 0.2) is 52.1 Å². The van der Waals surface area contributed by atoms with E-state index in [1.165, 1.54) is 9.47 Å². The second-order valence-corrected chi connectivity index (χ2v) is 9.39. The molecule has 2 aromatic heterocycles. The van der Waals surface area contributed by atoms with Gasteiger partial charge in [0.05, 0.1) is 16.4 Å². The Morgan fingerprint density at radius 2 is 1.91 bits per heavy atom. The lowest BCUT2D eigenvalue weighted by Gasteiger charge is -2.24. The van der Waals surface area contributed by atoms with Gasteiger partial charge in [-0.1, -0.05) is 43.7 Å². The number of benzene rings is 1. The van der Waals surface area contributed by atoms with Gasteiger partial charge >= 0.3 is 5.69 Å². The van der Waals surface area contributed by atoms with Crippen LogP contribution in [-0.4, -0.2) is 21.4 Å². The maximum Gasteiger partial charge on any atom is 0.330 e. The van der Waals surface area contributed by atoms with Gasteiger partial charge < -0.3 is 11.1 Å². The monoisotopic (exact) mass is 481 g/mol. The predicted molar refractivity (Wildman–Crippen MR) is 133 cm³/mol. The Kier molecular flexibility index (Phi) is 6.97. The van der Waals surface area contributed by atoms with Gasteiger partial charge in [0, 0.05) is 12.5 Å². The normalized spacial score (nSPS) is 13.0. The lowest BCUT2D eigenvalue weighted by molar-refractivity contribution is -0.117. The molecule has 1 aliphatic carbocycles. The van der Waals surface area contributed by atoms with Crippen LogP contribution in [0.3, 0.4) is 0 Å². The number of H-pyrrole nitrogens is 1. The third-order valence-electron chi connectivity index (χ3n) is 5.66. The molecule has 0 unspecified atom stereocenters. The molecular weight excluding hydrogens is 454 g/mol. The topological polar surface area (TPSA) is 130 Å². The van der Waals surface area contributed by atoms with Crippen LogP contribution in [0.1, 0.15) is 47.8 Å². The average molecular weight is 482 g/mol. The molecule has 0 saturated heterocycles. The summed E-state index contributed by atoms with van der Waals surface area (Å²) in [6, 6.07) is 12.5. The van der Waals surface area contributed by atoms with E-state index in [2.05, 4.69) is 10.3 Å². The minimum absolute atomic E-state index is 0.0401. The summed E-state index contributed by atoms with van der Waals surface area (Å²) in [5, 5.41) is 3.41. The van der Waals surface area contributed by atoms with Crippen molar-refractivity contribution in [3.8, 4) is 0 Å². The van der Waals surface area contributed by atoms with Gasteiger partial charge in [0.1, 0.15) is 5.82 Å². The number of unbranched alkanes of at least 4 members (excludes halogenated alkanes) is 1. The van der Waals surface area contributed by atoms with Crippen LogP contribution in [0.2, 0.25) is 0 Å². The highest BCUT2D eigenvalue weighted by atomic mass is 32.1. The van der Waals surface area contributed by atoms with Crippen molar-refractivity contribution >= 4 is 39.7 Å². The molecule has 178 valence electrons. The fourth-order valence-corrected chi connectivity index (χ4v) is 4.48. The Morgan fingerprint density at radius 1 is 1.18 bits per heavy atom. The maximum absolute atomic E-state index is 13.6. The first-order valence-corrected chi connectivity index (χ1v) is 12.1. The van der Waals surface area contributed by atoms with E-state index in [1.807, 2.05) is 37.3 Å². The zero-order chi connectivity index (χ0) is 24.2. The van der Waals surface area contributed by atoms with Crippen LogP contribution in [0.5, 0.6) is 0 Å². The number of carbonyl (C=O) groups is 2. The number of amides is 2. The van der Waals surface area contributed by atoms with E-state index >= 15 is 0 Å². The smallest absolute Gasteiger partial charge is 0.330 e. The first-order valence-electron chi connectivity index (χ1n) is 11.3. The largest absolute Gasteiger partial charge is 0.383 e. The highest BCUT2D eigenvalue weighted by Gasteiger charge is 2.30. The fourth-order valence-electron chi connectivity index (χ4n) is 3.62. The molecule has 0 bridgehead atoms. The van der Waals surface area contributed by atoms with Gasteiger partial charge in [-0.3, -0.25) is 28.8 Å². The van der Waals surface area contributed by atoms with E-state index in [9.17, 15) is 19.2 Å². The molecule has 9 nitrogen and oxygen atoms in total. The third kappa shape index (κ3) is 5.12. The number of thiophene rings is 1. The van der Waals surface area contributed by atoms with E-state index < -0.39 is 17.2 Å². The van der Waals surface area contributed by atoms with Crippen molar-refractivity contribution in [2.24, 2.45) is 5.92 Å². The van der Waals surface area contributed by atoms with Crippen molar-refractivity contribution in [3.05, 3.63) is 73.7 Å². The van der Waals surface area contributed by atoms with Crippen LogP contribution in [0.25, 0.3) is 0 Å². The lowest BCUT2D eigenvalue weighted by atomic mass is 10.2. The van der Waals surface area contributed by atoms with E-state index in [-0.39, 0.29) is 29.9 Å². The van der Waals surface area contributed by atoms with Crippen LogP contribution >= 0.6 is 11.3 Å². The number of nitrogen functional groups attached to an aromatic ring is 1. The van der Waals surface area contributed by atoms with Crippen molar-refractivity contribution in [3.63, 3.8) is 0 Å². The van der Waals surface area contributed by atoms with E-state index in [0.29, 0.717) is 22.8 Å². The molecule has 34 heavy (non-hydrogen) atoms. The molecule has 0 atom stereocenters. The van der Waals surface area contributed by atoms with E-state index in [0.717, 1.165) is 36.2 Å². The minimum Gasteiger partial charge on any atom is -0.383 e. The second kappa shape index (κ2) is 10.1. The van der Waals surface area contributed by atoms with E-state index in [4.69, 9.17) is 5.73 Å². The first kappa shape index (κ1) is 23.5. The second-order valence-electron chi connectivity index (χ2n) is 8.30. The van der Waals surface area contributed by atoms with Crippen molar-refractivity contribution in [1.82, 2.24) is 9.55 Å². The SMILES string of the molecule is CCCCn1c(N)c(N(Cc2ccccc2)C(=O)c2ccc(NC(=O)C3CC3)s2)c(=O)[nH]c1=O. The predicted octanol–water partition coefficient (Wildman–Crippen LogP) is 3.18. The Morgan fingerprint density at radius 3 is 2.59 bits per heavy atom. The van der Waals surface area contributed by atoms with Crippen LogP contribution in [-0.2, 0) is 17.9 Å². The lowest BCUT2D eigenvalue weighted by Crippen LogP contribution is -2.40. The minimum atomic E-state index is -0.724. The molecule has 1 fully saturated rings. The molecule has 4 rings (SSSR count). The Balaban J connectivity index is 1.72. The maximum atomic E-state index is 13.6. The molecule has 0 spiro atoms. The molecule has 10 heteroatoms. The summed E-state index contributed by atoms with van der Waals surface area (Å²) in [6.07, 6.45) is 3.28. The van der Waals surface area contributed by atoms with Gasteiger partial charge in [0.15, 0.2) is 5.69 Å².